The van der Waals surface area contributed by atoms with E-state index < -0.39 is 11.9 Å². The fourth-order valence-electron chi connectivity index (χ4n) is 2.08. The van der Waals surface area contributed by atoms with Crippen LogP contribution in [-0.2, 0) is 4.79 Å². The molecule has 0 heterocycles. The molecule has 0 aliphatic heterocycles. The van der Waals surface area contributed by atoms with Gasteiger partial charge in [-0.3, -0.25) is 4.79 Å². The number of rotatable bonds is 7. The maximum atomic E-state index is 11.4. The molecular formula is C14H19Cl2NO2. The van der Waals surface area contributed by atoms with Crippen LogP contribution in [0.3, 0.4) is 0 Å². The molecule has 1 aromatic carbocycles. The normalized spacial score (nSPS) is 12.4. The molecule has 0 bridgehead atoms. The number of nitrogens with two attached hydrogens (primary N) is 1. The molecule has 0 aromatic heterocycles. The Bertz CT molecular complexity index is 449. The molecule has 1 rings (SSSR count). The van der Waals surface area contributed by atoms with Crippen LogP contribution >= 0.6 is 23.2 Å². The van der Waals surface area contributed by atoms with Crippen LogP contribution in [-0.4, -0.2) is 11.1 Å². The summed E-state index contributed by atoms with van der Waals surface area (Å²) in [4.78, 5) is 11.4. The lowest BCUT2D eigenvalue weighted by atomic mass is 9.92. The molecule has 0 aliphatic rings. The second kappa shape index (κ2) is 7.61. The zero-order chi connectivity index (χ0) is 14.4. The number of nitrogen functional groups attached to an aromatic ring is 1. The van der Waals surface area contributed by atoms with Gasteiger partial charge in [0.25, 0.3) is 0 Å². The van der Waals surface area contributed by atoms with Crippen LogP contribution in [0, 0.1) is 0 Å². The molecule has 0 radical (unpaired) electrons. The van der Waals surface area contributed by atoms with Gasteiger partial charge in [-0.15, -0.1) is 0 Å². The van der Waals surface area contributed by atoms with Crippen molar-refractivity contribution in [3.8, 4) is 0 Å². The monoisotopic (exact) mass is 303 g/mol. The van der Waals surface area contributed by atoms with Gasteiger partial charge in [0.05, 0.1) is 16.6 Å². The van der Waals surface area contributed by atoms with Gasteiger partial charge in [-0.2, -0.15) is 0 Å². The summed E-state index contributed by atoms with van der Waals surface area (Å²) in [5.74, 6) is -1.53. The molecule has 1 atom stereocenters. The van der Waals surface area contributed by atoms with E-state index in [-0.39, 0.29) is 0 Å². The highest BCUT2D eigenvalue weighted by Crippen LogP contribution is 2.35. The largest absolute Gasteiger partial charge is 0.481 e. The average Bonchev–Trinajstić information content (AvgIpc) is 2.34. The molecule has 0 fully saturated rings. The van der Waals surface area contributed by atoms with E-state index in [0.29, 0.717) is 27.7 Å². The Hall–Kier alpha value is -0.930. The molecule has 0 spiro atoms. The van der Waals surface area contributed by atoms with E-state index in [1.807, 2.05) is 0 Å². The number of carboxylic acids is 1. The van der Waals surface area contributed by atoms with Gasteiger partial charge in [-0.1, -0.05) is 55.8 Å². The van der Waals surface area contributed by atoms with Crippen molar-refractivity contribution >= 4 is 34.9 Å². The molecule has 0 aliphatic carbocycles. The second-order valence-corrected chi connectivity index (χ2v) is 5.47. The number of carboxylic acid groups (broad SMARTS) is 1. The predicted molar refractivity (Wildman–Crippen MR) is 80.0 cm³/mol. The third kappa shape index (κ3) is 4.59. The van der Waals surface area contributed by atoms with Gasteiger partial charge < -0.3 is 10.8 Å². The summed E-state index contributed by atoms with van der Waals surface area (Å²) >= 11 is 11.9. The first kappa shape index (κ1) is 16.1. The van der Waals surface area contributed by atoms with Crippen LogP contribution in [0.4, 0.5) is 5.69 Å². The van der Waals surface area contributed by atoms with E-state index in [1.54, 1.807) is 6.07 Å². The minimum absolute atomic E-state index is 0.308. The maximum Gasteiger partial charge on any atom is 0.311 e. The number of hydrogen-bond acceptors (Lipinski definition) is 2. The average molecular weight is 304 g/mol. The third-order valence-corrected chi connectivity index (χ3v) is 3.68. The highest BCUT2D eigenvalue weighted by molar-refractivity contribution is 6.36. The molecule has 0 saturated carbocycles. The Balaban J connectivity index is 2.90. The van der Waals surface area contributed by atoms with E-state index in [1.165, 1.54) is 6.07 Å². The number of carbonyl (C=O) groups is 1. The summed E-state index contributed by atoms with van der Waals surface area (Å²) in [7, 11) is 0. The summed E-state index contributed by atoms with van der Waals surface area (Å²) in [6, 6.07) is 3.12. The summed E-state index contributed by atoms with van der Waals surface area (Å²) in [6.45, 7) is 2.11. The molecule has 3 nitrogen and oxygen atoms in total. The summed E-state index contributed by atoms with van der Waals surface area (Å²) < 4.78 is 0. The topological polar surface area (TPSA) is 63.3 Å². The van der Waals surface area contributed by atoms with E-state index >= 15 is 0 Å². The maximum absolute atomic E-state index is 11.4. The van der Waals surface area contributed by atoms with Gasteiger partial charge in [-0.25, -0.2) is 0 Å². The Kier molecular flexibility index (Phi) is 6.46. The Morgan fingerprint density at radius 3 is 2.58 bits per heavy atom. The van der Waals surface area contributed by atoms with Crippen molar-refractivity contribution in [3.05, 3.63) is 27.7 Å². The van der Waals surface area contributed by atoms with Crippen LogP contribution in [0.1, 0.15) is 50.5 Å². The van der Waals surface area contributed by atoms with Gasteiger partial charge in [0.15, 0.2) is 0 Å². The highest BCUT2D eigenvalue weighted by atomic mass is 35.5. The van der Waals surface area contributed by atoms with E-state index in [4.69, 9.17) is 28.9 Å². The number of hydrogen-bond donors (Lipinski definition) is 2. The smallest absolute Gasteiger partial charge is 0.311 e. The molecule has 1 aromatic rings. The number of unbranched alkanes of at least 4 members (excludes halogenated alkanes) is 3. The first-order chi connectivity index (χ1) is 8.97. The number of aliphatic carboxylic acids is 1. The first-order valence-corrected chi connectivity index (χ1v) is 7.20. The SMILES string of the molecule is CCCCCCC(C(=O)O)c1cc(Cl)cc(Cl)c1N. The molecule has 0 amide bonds. The second-order valence-electron chi connectivity index (χ2n) is 4.63. The minimum Gasteiger partial charge on any atom is -0.481 e. The third-order valence-electron chi connectivity index (χ3n) is 3.15. The number of benzene rings is 1. The Morgan fingerprint density at radius 1 is 1.32 bits per heavy atom. The van der Waals surface area contributed by atoms with Crippen molar-refractivity contribution in [3.63, 3.8) is 0 Å². The van der Waals surface area contributed by atoms with Crippen LogP contribution in [0.5, 0.6) is 0 Å². The molecule has 19 heavy (non-hydrogen) atoms. The van der Waals surface area contributed by atoms with Gasteiger partial charge >= 0.3 is 5.97 Å². The molecule has 3 N–H and O–H groups in total. The zero-order valence-electron chi connectivity index (χ0n) is 11.0. The predicted octanol–water partition coefficient (Wildman–Crippen LogP) is 4.71. The Morgan fingerprint density at radius 2 is 2.00 bits per heavy atom. The first-order valence-electron chi connectivity index (χ1n) is 6.44. The quantitative estimate of drug-likeness (QED) is 0.566. The standard InChI is InChI=1S/C14H19Cl2NO2/c1-2-3-4-5-6-10(14(18)19)11-7-9(15)8-12(16)13(11)17/h7-8,10H,2-6,17H2,1H3,(H,18,19). The lowest BCUT2D eigenvalue weighted by Gasteiger charge is -2.16. The van der Waals surface area contributed by atoms with Crippen LogP contribution < -0.4 is 5.73 Å². The minimum atomic E-state index is -0.887. The molecule has 1 unspecified atom stereocenters. The lowest BCUT2D eigenvalue weighted by Crippen LogP contribution is -2.14. The lowest BCUT2D eigenvalue weighted by molar-refractivity contribution is -0.139. The Labute approximate surface area is 123 Å². The van der Waals surface area contributed by atoms with Crippen molar-refractivity contribution in [2.24, 2.45) is 0 Å². The van der Waals surface area contributed by atoms with Gasteiger partial charge in [0.2, 0.25) is 0 Å². The van der Waals surface area contributed by atoms with Gasteiger partial charge in [-0.05, 0) is 24.1 Å². The van der Waals surface area contributed by atoms with Crippen molar-refractivity contribution in [2.75, 3.05) is 5.73 Å². The van der Waals surface area contributed by atoms with Crippen molar-refractivity contribution in [1.29, 1.82) is 0 Å². The van der Waals surface area contributed by atoms with Crippen molar-refractivity contribution in [2.45, 2.75) is 44.9 Å². The van der Waals surface area contributed by atoms with Crippen molar-refractivity contribution < 1.29 is 9.90 Å². The molecule has 0 saturated heterocycles. The summed E-state index contributed by atoms with van der Waals surface area (Å²) in [5, 5.41) is 10.1. The number of anilines is 1. The fraction of sp³-hybridized carbons (Fsp3) is 0.500. The van der Waals surface area contributed by atoms with Gasteiger partial charge in [0.1, 0.15) is 0 Å². The van der Waals surface area contributed by atoms with Crippen molar-refractivity contribution in [1.82, 2.24) is 0 Å². The van der Waals surface area contributed by atoms with Crippen LogP contribution in [0.2, 0.25) is 10.0 Å². The number of halogens is 2. The molecule has 5 heteroatoms. The van der Waals surface area contributed by atoms with E-state index in [9.17, 15) is 9.90 Å². The van der Waals surface area contributed by atoms with Gasteiger partial charge in [0, 0.05) is 5.02 Å². The van der Waals surface area contributed by atoms with Crippen LogP contribution in [0.15, 0.2) is 12.1 Å². The van der Waals surface area contributed by atoms with E-state index in [2.05, 4.69) is 6.92 Å². The van der Waals surface area contributed by atoms with Crippen LogP contribution in [0.25, 0.3) is 0 Å². The summed E-state index contributed by atoms with van der Waals surface area (Å²) in [5.41, 5.74) is 6.70. The summed E-state index contributed by atoms with van der Waals surface area (Å²) in [6.07, 6.45) is 4.65. The molecular weight excluding hydrogens is 285 g/mol. The molecule has 106 valence electrons. The van der Waals surface area contributed by atoms with E-state index in [0.717, 1.165) is 25.7 Å². The highest BCUT2D eigenvalue weighted by Gasteiger charge is 2.23. The zero-order valence-corrected chi connectivity index (χ0v) is 12.5. The fourth-order valence-corrected chi connectivity index (χ4v) is 2.59.